The Hall–Kier alpha value is -3.89. The van der Waals surface area contributed by atoms with Crippen molar-refractivity contribution in [2.24, 2.45) is 0 Å². The zero-order valence-corrected chi connectivity index (χ0v) is 23.4. The number of methoxy groups -OCH3 is 1. The van der Waals surface area contributed by atoms with Gasteiger partial charge in [0, 0.05) is 38.6 Å². The number of pyridine rings is 1. The average molecular weight is 568 g/mol. The van der Waals surface area contributed by atoms with Gasteiger partial charge in [-0.15, -0.1) is 11.6 Å². The molecule has 0 saturated heterocycles. The number of carbonyl (C=O) groups is 2. The van der Waals surface area contributed by atoms with Crippen molar-refractivity contribution in [2.45, 2.75) is 45.4 Å². The fraction of sp³-hybridized carbons (Fsp3) is 0.379. The number of nitrogen functional groups attached to an aromatic ring is 1. The van der Waals surface area contributed by atoms with Crippen LogP contribution in [-0.4, -0.2) is 68.7 Å². The van der Waals surface area contributed by atoms with Crippen LogP contribution in [0.15, 0.2) is 48.5 Å². The number of ether oxygens (including phenoxy) is 2. The van der Waals surface area contributed by atoms with Crippen LogP contribution < -0.4 is 10.5 Å². The Morgan fingerprint density at radius 1 is 1.18 bits per heavy atom. The Bertz CT molecular complexity index is 1490. The number of halogens is 1. The molecule has 0 saturated carbocycles. The predicted octanol–water partition coefficient (Wildman–Crippen LogP) is 4.26. The molecule has 3 N–H and O–H groups in total. The van der Waals surface area contributed by atoms with Crippen molar-refractivity contribution in [3.63, 3.8) is 0 Å². The van der Waals surface area contributed by atoms with E-state index in [0.29, 0.717) is 62.6 Å². The number of imidazole rings is 1. The molecule has 212 valence electrons. The fourth-order valence-electron chi connectivity index (χ4n) is 4.74. The first-order valence-electron chi connectivity index (χ1n) is 13.2. The number of alkyl halides is 1. The Labute approximate surface area is 237 Å². The van der Waals surface area contributed by atoms with Crippen molar-refractivity contribution in [3.8, 4) is 5.75 Å². The van der Waals surface area contributed by atoms with Crippen LogP contribution in [0.2, 0.25) is 0 Å². The minimum atomic E-state index is -1.02. The zero-order valence-electron chi connectivity index (χ0n) is 22.7. The Balaban J connectivity index is 1.56. The highest BCUT2D eigenvalue weighted by Crippen LogP contribution is 2.29. The number of aromatic nitrogens is 3. The van der Waals surface area contributed by atoms with Gasteiger partial charge in [0.1, 0.15) is 23.0 Å². The van der Waals surface area contributed by atoms with Gasteiger partial charge in [0.05, 0.1) is 17.6 Å². The molecule has 4 rings (SSSR count). The normalized spacial score (nSPS) is 12.1. The summed E-state index contributed by atoms with van der Waals surface area (Å²) in [6.45, 7) is 3.61. The number of para-hydroxylation sites is 1. The third-order valence-electron chi connectivity index (χ3n) is 6.69. The number of amides is 1. The molecule has 11 heteroatoms. The second-order valence-electron chi connectivity index (χ2n) is 9.44. The van der Waals surface area contributed by atoms with E-state index < -0.39 is 12.1 Å². The number of aryl methyl sites for hydroxylation is 1. The van der Waals surface area contributed by atoms with E-state index in [1.165, 1.54) is 0 Å². The maximum atomic E-state index is 12.8. The third-order valence-corrected chi connectivity index (χ3v) is 6.92. The second-order valence-corrected chi connectivity index (χ2v) is 9.70. The Morgan fingerprint density at radius 3 is 2.70 bits per heavy atom. The molecule has 0 radical (unpaired) electrons. The van der Waals surface area contributed by atoms with Gasteiger partial charge in [-0.25, -0.2) is 14.8 Å². The molecule has 1 atom stereocenters. The number of benzene rings is 2. The lowest BCUT2D eigenvalue weighted by atomic mass is 10.1. The van der Waals surface area contributed by atoms with Gasteiger partial charge >= 0.3 is 5.97 Å². The van der Waals surface area contributed by atoms with Gasteiger partial charge in [-0.05, 0) is 36.6 Å². The van der Waals surface area contributed by atoms with Crippen molar-refractivity contribution in [1.82, 2.24) is 19.4 Å². The van der Waals surface area contributed by atoms with Crippen LogP contribution in [0.3, 0.4) is 0 Å². The number of carbonyl (C=O) groups excluding carboxylic acids is 1. The van der Waals surface area contributed by atoms with E-state index in [4.69, 9.17) is 31.8 Å². The Morgan fingerprint density at radius 2 is 1.98 bits per heavy atom. The number of carboxylic acids is 1. The molecule has 0 fully saturated rings. The minimum absolute atomic E-state index is 0.146. The van der Waals surface area contributed by atoms with E-state index in [1.54, 1.807) is 37.1 Å². The van der Waals surface area contributed by atoms with Gasteiger partial charge in [-0.2, -0.15) is 0 Å². The van der Waals surface area contributed by atoms with Crippen molar-refractivity contribution in [3.05, 3.63) is 59.9 Å². The zero-order chi connectivity index (χ0) is 28.6. The fourth-order valence-corrected chi connectivity index (χ4v) is 4.91. The topological polar surface area (TPSA) is 133 Å². The van der Waals surface area contributed by atoms with Crippen LogP contribution in [0.5, 0.6) is 5.75 Å². The molecule has 0 aliphatic heterocycles. The summed E-state index contributed by atoms with van der Waals surface area (Å²) in [5.74, 6) is 0.294. The summed E-state index contributed by atoms with van der Waals surface area (Å²) in [5, 5.41) is 10.3. The molecule has 0 spiro atoms. The molecule has 0 aliphatic carbocycles. The summed E-state index contributed by atoms with van der Waals surface area (Å²) in [6, 6.07) is 14.9. The molecule has 4 aromatic rings. The first kappa shape index (κ1) is 29.1. The smallest absolute Gasteiger partial charge is 0.344 e. The molecule has 0 aliphatic rings. The maximum Gasteiger partial charge on any atom is 0.344 e. The van der Waals surface area contributed by atoms with Crippen molar-refractivity contribution in [2.75, 3.05) is 31.9 Å². The summed E-state index contributed by atoms with van der Waals surface area (Å²) in [6.07, 6.45) is 0.638. The molecule has 40 heavy (non-hydrogen) atoms. The molecule has 2 aromatic carbocycles. The van der Waals surface area contributed by atoms with Crippen LogP contribution >= 0.6 is 11.6 Å². The van der Waals surface area contributed by atoms with Crippen LogP contribution in [0.4, 0.5) is 5.82 Å². The monoisotopic (exact) mass is 567 g/mol. The lowest BCUT2D eigenvalue weighted by Gasteiger charge is -2.23. The molecule has 10 nitrogen and oxygen atoms in total. The maximum absolute atomic E-state index is 12.8. The van der Waals surface area contributed by atoms with E-state index in [9.17, 15) is 14.7 Å². The first-order valence-corrected chi connectivity index (χ1v) is 13.7. The third kappa shape index (κ3) is 6.63. The summed E-state index contributed by atoms with van der Waals surface area (Å²) in [4.78, 5) is 35.2. The largest absolute Gasteiger partial charge is 0.479 e. The van der Waals surface area contributed by atoms with Crippen LogP contribution in [0.25, 0.3) is 21.9 Å². The SMILES string of the molecule is CCC(Oc1cccc(CN(CCCn2c(CCOC)nc3c(N)nc4ccccc4c32)C(=O)CCl)c1)C(=O)O. The first-order chi connectivity index (χ1) is 19.4. The number of nitrogens with zero attached hydrogens (tertiary/aromatic N) is 4. The minimum Gasteiger partial charge on any atom is -0.479 e. The highest BCUT2D eigenvalue weighted by atomic mass is 35.5. The van der Waals surface area contributed by atoms with Crippen LogP contribution in [-0.2, 0) is 33.8 Å². The number of anilines is 1. The summed E-state index contributed by atoms with van der Waals surface area (Å²) < 4.78 is 13.1. The molecule has 2 heterocycles. The molecule has 2 aromatic heterocycles. The quantitative estimate of drug-likeness (QED) is 0.216. The van der Waals surface area contributed by atoms with Crippen molar-refractivity contribution >= 4 is 51.2 Å². The molecular weight excluding hydrogens is 534 g/mol. The number of aliphatic carboxylic acids is 1. The van der Waals surface area contributed by atoms with Gasteiger partial charge in [-0.3, -0.25) is 4.79 Å². The number of hydrogen-bond acceptors (Lipinski definition) is 7. The summed E-state index contributed by atoms with van der Waals surface area (Å²) in [5.41, 5.74) is 9.47. The number of carboxylic acid groups (broad SMARTS) is 1. The predicted molar refractivity (Wildman–Crippen MR) is 155 cm³/mol. The van der Waals surface area contributed by atoms with Gasteiger partial charge in [-0.1, -0.05) is 37.3 Å². The Kier molecular flexibility index (Phi) is 9.79. The number of fused-ring (bicyclic) bond motifs is 3. The van der Waals surface area contributed by atoms with Gasteiger partial charge in [0.15, 0.2) is 11.9 Å². The molecular formula is C29H34ClN5O5. The van der Waals surface area contributed by atoms with Gasteiger partial charge in [0.2, 0.25) is 5.91 Å². The summed E-state index contributed by atoms with van der Waals surface area (Å²) in [7, 11) is 1.65. The molecule has 1 amide bonds. The van der Waals surface area contributed by atoms with E-state index >= 15 is 0 Å². The number of hydrogen-bond donors (Lipinski definition) is 2. The van der Waals surface area contributed by atoms with Crippen molar-refractivity contribution < 1.29 is 24.2 Å². The van der Waals surface area contributed by atoms with E-state index in [2.05, 4.69) is 9.55 Å². The summed E-state index contributed by atoms with van der Waals surface area (Å²) >= 11 is 5.96. The van der Waals surface area contributed by atoms with Gasteiger partial charge < -0.3 is 29.8 Å². The molecule has 0 bridgehead atoms. The van der Waals surface area contributed by atoms with Crippen LogP contribution in [0, 0.1) is 0 Å². The average Bonchev–Trinajstić information content (AvgIpc) is 3.33. The lowest BCUT2D eigenvalue weighted by molar-refractivity contribution is -0.145. The lowest BCUT2D eigenvalue weighted by Crippen LogP contribution is -2.33. The standard InChI is InChI=1S/C29H34ClN5O5/c1-3-23(29(37)38)40-20-9-6-8-19(16-20)18-34(25(36)17-30)13-7-14-35-24(12-15-39-2)33-26-27(35)21-10-4-5-11-22(21)32-28(26)31/h4-6,8-11,16,23H,3,7,12-15,17-18H2,1-2H3,(H2,31,32)(H,37,38). The van der Waals surface area contributed by atoms with E-state index in [-0.39, 0.29) is 11.8 Å². The number of rotatable bonds is 14. The molecule has 1 unspecified atom stereocenters. The van der Waals surface area contributed by atoms with Crippen LogP contribution in [0.1, 0.15) is 31.2 Å². The highest BCUT2D eigenvalue weighted by Gasteiger charge is 2.20. The van der Waals surface area contributed by atoms with Gasteiger partial charge in [0.25, 0.3) is 0 Å². The highest BCUT2D eigenvalue weighted by molar-refractivity contribution is 6.27. The van der Waals surface area contributed by atoms with E-state index in [0.717, 1.165) is 27.8 Å². The second kappa shape index (κ2) is 13.5. The van der Waals surface area contributed by atoms with E-state index in [1.807, 2.05) is 30.3 Å². The number of nitrogens with two attached hydrogens (primary N) is 1. The van der Waals surface area contributed by atoms with Crippen molar-refractivity contribution in [1.29, 1.82) is 0 Å².